The number of nitrogens with zero attached hydrogens (tertiary/aromatic N) is 2. The van der Waals surface area contributed by atoms with Crippen molar-refractivity contribution in [3.05, 3.63) is 54.2 Å². The molecule has 2 heterocycles. The van der Waals surface area contributed by atoms with Gasteiger partial charge >= 0.3 is 5.97 Å². The lowest BCUT2D eigenvalue weighted by Crippen LogP contribution is -2.43. The van der Waals surface area contributed by atoms with Crippen molar-refractivity contribution in [2.75, 3.05) is 12.9 Å². The highest BCUT2D eigenvalue weighted by molar-refractivity contribution is 7.99. The molecule has 0 bridgehead atoms. The summed E-state index contributed by atoms with van der Waals surface area (Å²) in [6, 6.07) is 12.4. The van der Waals surface area contributed by atoms with Crippen LogP contribution in [0.4, 0.5) is 0 Å². The van der Waals surface area contributed by atoms with Gasteiger partial charge in [0.25, 0.3) is 0 Å². The fraction of sp³-hybridized carbons (Fsp3) is 0.222. The fourth-order valence-electron chi connectivity index (χ4n) is 2.45. The first-order valence-corrected chi connectivity index (χ1v) is 8.99. The van der Waals surface area contributed by atoms with E-state index in [2.05, 4.69) is 20.3 Å². The molecular weight excluding hydrogens is 352 g/mol. The molecule has 2 N–H and O–H groups in total. The van der Waals surface area contributed by atoms with E-state index in [-0.39, 0.29) is 11.7 Å². The van der Waals surface area contributed by atoms with Gasteiger partial charge in [0, 0.05) is 12.6 Å². The summed E-state index contributed by atoms with van der Waals surface area (Å²) in [5.74, 6) is -0.614. The van der Waals surface area contributed by atoms with Gasteiger partial charge in [0.05, 0.1) is 18.4 Å². The van der Waals surface area contributed by atoms with Gasteiger partial charge in [-0.05, 0) is 17.7 Å². The number of methoxy groups -OCH3 is 1. The predicted molar refractivity (Wildman–Crippen MR) is 98.7 cm³/mol. The second-order valence-corrected chi connectivity index (χ2v) is 6.50. The Hall–Kier alpha value is -2.87. The standard InChI is InChI=1S/C18H18N4O3S/c1-25-17(24)14(10-12-6-3-2-4-7-12)20-15(23)11-26-18-21-13-8-5-9-19-16(13)22-18/h2-9,14H,10-11H2,1H3,(H,20,23)(H,19,21,22)/t14-/m1/s1. The van der Waals surface area contributed by atoms with E-state index in [4.69, 9.17) is 4.74 Å². The Labute approximate surface area is 154 Å². The van der Waals surface area contributed by atoms with Crippen molar-refractivity contribution in [1.29, 1.82) is 0 Å². The molecule has 0 aliphatic heterocycles. The number of nitrogens with one attached hydrogen (secondary N) is 2. The lowest BCUT2D eigenvalue weighted by atomic mass is 10.1. The van der Waals surface area contributed by atoms with Crippen LogP contribution in [0.25, 0.3) is 11.2 Å². The summed E-state index contributed by atoms with van der Waals surface area (Å²) in [5, 5.41) is 3.33. The van der Waals surface area contributed by atoms with Crippen molar-refractivity contribution in [2.45, 2.75) is 17.6 Å². The summed E-state index contributed by atoms with van der Waals surface area (Å²) >= 11 is 1.25. The number of carbonyl (C=O) groups excluding carboxylic acids is 2. The Balaban J connectivity index is 1.59. The minimum atomic E-state index is -0.729. The first-order chi connectivity index (χ1) is 12.7. The van der Waals surface area contributed by atoms with Gasteiger partial charge < -0.3 is 15.0 Å². The number of thioether (sulfide) groups is 1. The zero-order valence-electron chi connectivity index (χ0n) is 14.1. The predicted octanol–water partition coefficient (Wildman–Crippen LogP) is 1.95. The average molecular weight is 370 g/mol. The molecule has 8 heteroatoms. The van der Waals surface area contributed by atoms with Crippen molar-refractivity contribution in [1.82, 2.24) is 20.3 Å². The maximum Gasteiger partial charge on any atom is 0.328 e. The highest BCUT2D eigenvalue weighted by Gasteiger charge is 2.22. The van der Waals surface area contributed by atoms with Crippen molar-refractivity contribution < 1.29 is 14.3 Å². The Bertz CT molecular complexity index is 865. The number of pyridine rings is 1. The fourth-order valence-corrected chi connectivity index (χ4v) is 3.13. The van der Waals surface area contributed by atoms with Gasteiger partial charge in [-0.2, -0.15) is 0 Å². The molecule has 134 valence electrons. The Morgan fingerprint density at radius 2 is 2.04 bits per heavy atom. The first-order valence-electron chi connectivity index (χ1n) is 8.00. The molecule has 0 saturated carbocycles. The second-order valence-electron chi connectivity index (χ2n) is 5.54. The van der Waals surface area contributed by atoms with Crippen LogP contribution in [0.5, 0.6) is 0 Å². The maximum absolute atomic E-state index is 12.3. The van der Waals surface area contributed by atoms with Crippen LogP contribution in [0.1, 0.15) is 5.56 Å². The molecule has 1 amide bonds. The molecule has 0 aliphatic carbocycles. The van der Waals surface area contributed by atoms with Crippen LogP contribution in [0.3, 0.4) is 0 Å². The van der Waals surface area contributed by atoms with Gasteiger partial charge in [-0.3, -0.25) is 4.79 Å². The number of hydrogen-bond acceptors (Lipinski definition) is 6. The minimum absolute atomic E-state index is 0.127. The maximum atomic E-state index is 12.3. The van der Waals surface area contributed by atoms with Crippen LogP contribution in [-0.2, 0) is 20.7 Å². The third kappa shape index (κ3) is 4.60. The van der Waals surface area contributed by atoms with Crippen LogP contribution in [0.15, 0.2) is 53.8 Å². The van der Waals surface area contributed by atoms with Crippen LogP contribution in [0.2, 0.25) is 0 Å². The number of esters is 1. The SMILES string of the molecule is COC(=O)[C@@H](Cc1ccccc1)NC(=O)CSc1nc2ncccc2[nH]1. The van der Waals surface area contributed by atoms with E-state index in [9.17, 15) is 9.59 Å². The van der Waals surface area contributed by atoms with Gasteiger partial charge in [-0.1, -0.05) is 42.1 Å². The molecule has 0 fully saturated rings. The van der Waals surface area contributed by atoms with Gasteiger partial charge in [0.1, 0.15) is 6.04 Å². The average Bonchev–Trinajstić information content (AvgIpc) is 3.09. The van der Waals surface area contributed by atoms with E-state index in [1.165, 1.54) is 18.9 Å². The molecule has 7 nitrogen and oxygen atoms in total. The Morgan fingerprint density at radius 3 is 2.77 bits per heavy atom. The van der Waals surface area contributed by atoms with E-state index in [0.717, 1.165) is 11.1 Å². The summed E-state index contributed by atoms with van der Waals surface area (Å²) in [6.07, 6.45) is 2.04. The van der Waals surface area contributed by atoms with Crippen molar-refractivity contribution in [3.8, 4) is 0 Å². The summed E-state index contributed by atoms with van der Waals surface area (Å²) in [7, 11) is 1.31. The topological polar surface area (TPSA) is 97.0 Å². The van der Waals surface area contributed by atoms with Crippen LogP contribution >= 0.6 is 11.8 Å². The molecule has 3 rings (SSSR count). The lowest BCUT2D eigenvalue weighted by molar-refractivity contribution is -0.144. The first kappa shape index (κ1) is 17.9. The van der Waals surface area contributed by atoms with E-state index in [1.807, 2.05) is 42.5 Å². The molecule has 26 heavy (non-hydrogen) atoms. The quantitative estimate of drug-likeness (QED) is 0.487. The molecule has 0 spiro atoms. The molecule has 1 atom stereocenters. The van der Waals surface area contributed by atoms with Gasteiger partial charge in [-0.25, -0.2) is 14.8 Å². The number of H-pyrrole nitrogens is 1. The van der Waals surface area contributed by atoms with Gasteiger partial charge in [0.15, 0.2) is 10.8 Å². The van der Waals surface area contributed by atoms with E-state index in [1.54, 1.807) is 6.20 Å². The third-order valence-electron chi connectivity index (χ3n) is 3.68. The minimum Gasteiger partial charge on any atom is -0.467 e. The normalized spacial score (nSPS) is 11.9. The van der Waals surface area contributed by atoms with Crippen molar-refractivity contribution >= 4 is 34.8 Å². The molecule has 0 radical (unpaired) electrons. The second kappa shape index (κ2) is 8.48. The molecule has 2 aromatic heterocycles. The number of amides is 1. The van der Waals surface area contributed by atoms with Crippen molar-refractivity contribution in [2.24, 2.45) is 0 Å². The van der Waals surface area contributed by atoms with Crippen LogP contribution < -0.4 is 5.32 Å². The zero-order valence-corrected chi connectivity index (χ0v) is 15.0. The smallest absolute Gasteiger partial charge is 0.328 e. The Morgan fingerprint density at radius 1 is 1.23 bits per heavy atom. The number of aromatic amines is 1. The molecular formula is C18H18N4O3S. The molecule has 0 unspecified atom stereocenters. The molecule has 0 saturated heterocycles. The Kier molecular flexibility index (Phi) is 5.85. The summed E-state index contributed by atoms with van der Waals surface area (Å²) < 4.78 is 4.80. The number of benzene rings is 1. The largest absolute Gasteiger partial charge is 0.467 e. The number of aromatic nitrogens is 3. The number of rotatable bonds is 7. The number of ether oxygens (including phenoxy) is 1. The van der Waals surface area contributed by atoms with Crippen LogP contribution in [-0.4, -0.2) is 45.7 Å². The molecule has 1 aromatic carbocycles. The van der Waals surface area contributed by atoms with Crippen molar-refractivity contribution in [3.63, 3.8) is 0 Å². The molecule has 0 aliphatic rings. The number of fused-ring (bicyclic) bond motifs is 1. The summed E-state index contributed by atoms with van der Waals surface area (Å²) in [4.78, 5) is 35.8. The lowest BCUT2D eigenvalue weighted by Gasteiger charge is -2.16. The third-order valence-corrected chi connectivity index (χ3v) is 4.55. The van der Waals surface area contributed by atoms with E-state index < -0.39 is 12.0 Å². The van der Waals surface area contributed by atoms with Crippen LogP contribution in [0, 0.1) is 0 Å². The molecule has 3 aromatic rings. The number of hydrogen-bond donors (Lipinski definition) is 2. The highest BCUT2D eigenvalue weighted by Crippen LogP contribution is 2.17. The number of carbonyl (C=O) groups is 2. The van der Waals surface area contributed by atoms with Gasteiger partial charge in [-0.15, -0.1) is 0 Å². The van der Waals surface area contributed by atoms with E-state index >= 15 is 0 Å². The number of imidazole rings is 1. The summed E-state index contributed by atoms with van der Waals surface area (Å²) in [5.41, 5.74) is 2.36. The van der Waals surface area contributed by atoms with Gasteiger partial charge in [0.2, 0.25) is 5.91 Å². The van der Waals surface area contributed by atoms with E-state index in [0.29, 0.717) is 17.2 Å². The monoisotopic (exact) mass is 370 g/mol. The highest BCUT2D eigenvalue weighted by atomic mass is 32.2. The zero-order chi connectivity index (χ0) is 18.4. The summed E-state index contributed by atoms with van der Waals surface area (Å²) in [6.45, 7) is 0.